The third-order valence-corrected chi connectivity index (χ3v) is 6.34. The number of piperazine rings is 1. The molecule has 0 saturated carbocycles. The molecule has 2 aromatic heterocycles. The summed E-state index contributed by atoms with van der Waals surface area (Å²) in [5.74, 6) is 1.57. The Morgan fingerprint density at radius 3 is 2.57 bits per heavy atom. The fourth-order valence-corrected chi connectivity index (χ4v) is 4.67. The number of aromatic nitrogens is 1. The third-order valence-electron chi connectivity index (χ3n) is 5.30. The molecule has 1 aliphatic heterocycles. The number of benzene rings is 1. The van der Waals surface area contributed by atoms with Crippen molar-refractivity contribution in [2.75, 3.05) is 38.2 Å². The van der Waals surface area contributed by atoms with Crippen molar-refractivity contribution in [3.63, 3.8) is 0 Å². The number of nitrogens with zero attached hydrogens (tertiary/aromatic N) is 4. The van der Waals surface area contributed by atoms with Gasteiger partial charge in [-0.05, 0) is 48.4 Å². The molecule has 0 spiro atoms. The van der Waals surface area contributed by atoms with E-state index in [4.69, 9.17) is 4.74 Å². The van der Waals surface area contributed by atoms with Gasteiger partial charge in [0.2, 0.25) is 0 Å². The van der Waals surface area contributed by atoms with Gasteiger partial charge in [-0.25, -0.2) is 4.98 Å². The maximum absolute atomic E-state index is 13.1. The lowest BCUT2D eigenvalue weighted by Gasteiger charge is -2.35. The Balaban J connectivity index is 1.46. The first-order valence-corrected chi connectivity index (χ1v) is 10.6. The fourth-order valence-electron chi connectivity index (χ4n) is 3.66. The number of hydrogen-bond acceptors (Lipinski definition) is 6. The molecular formula is C23H22N4O2S. The van der Waals surface area contributed by atoms with Crippen molar-refractivity contribution in [2.24, 2.45) is 0 Å². The molecule has 7 heteroatoms. The highest BCUT2D eigenvalue weighted by Crippen LogP contribution is 2.33. The first-order chi connectivity index (χ1) is 14.6. The van der Waals surface area contributed by atoms with Crippen molar-refractivity contribution in [1.82, 2.24) is 9.88 Å². The van der Waals surface area contributed by atoms with Gasteiger partial charge in [0.05, 0.1) is 17.6 Å². The maximum Gasteiger partial charge on any atom is 0.264 e. The van der Waals surface area contributed by atoms with Crippen LogP contribution in [-0.2, 0) is 0 Å². The SMILES string of the molecule is COc1ccc(-c2cc(C(=O)N3CCN(c4ncccc4C#N)CC3)sc2C)cc1. The molecule has 30 heavy (non-hydrogen) atoms. The van der Waals surface area contributed by atoms with Gasteiger partial charge in [-0.3, -0.25) is 4.79 Å². The second kappa shape index (κ2) is 8.56. The highest BCUT2D eigenvalue weighted by molar-refractivity contribution is 7.14. The smallest absolute Gasteiger partial charge is 0.264 e. The van der Waals surface area contributed by atoms with Crippen LogP contribution in [0.4, 0.5) is 5.82 Å². The molecule has 152 valence electrons. The van der Waals surface area contributed by atoms with Crippen molar-refractivity contribution in [1.29, 1.82) is 5.26 Å². The van der Waals surface area contributed by atoms with Crippen molar-refractivity contribution in [3.8, 4) is 22.9 Å². The number of carbonyl (C=O) groups is 1. The fraction of sp³-hybridized carbons (Fsp3) is 0.261. The zero-order chi connectivity index (χ0) is 21.1. The van der Waals surface area contributed by atoms with Crippen LogP contribution in [0.1, 0.15) is 20.1 Å². The largest absolute Gasteiger partial charge is 0.497 e. The average molecular weight is 419 g/mol. The number of hydrogen-bond donors (Lipinski definition) is 0. The van der Waals surface area contributed by atoms with Gasteiger partial charge >= 0.3 is 0 Å². The van der Waals surface area contributed by atoms with Crippen LogP contribution in [0.2, 0.25) is 0 Å². The van der Waals surface area contributed by atoms with Gasteiger partial charge in [0.1, 0.15) is 17.6 Å². The second-order valence-corrected chi connectivity index (χ2v) is 8.33. The molecule has 0 unspecified atom stereocenters. The Labute approximate surface area is 180 Å². The number of ether oxygens (including phenoxy) is 1. The molecule has 4 rings (SSSR count). The topological polar surface area (TPSA) is 69.5 Å². The van der Waals surface area contributed by atoms with Crippen LogP contribution in [-0.4, -0.2) is 49.1 Å². The number of thiophene rings is 1. The van der Waals surface area contributed by atoms with Gasteiger partial charge in [0.15, 0.2) is 0 Å². The zero-order valence-electron chi connectivity index (χ0n) is 17.0. The van der Waals surface area contributed by atoms with Gasteiger partial charge in [-0.1, -0.05) is 12.1 Å². The van der Waals surface area contributed by atoms with Crippen molar-refractivity contribution < 1.29 is 9.53 Å². The Kier molecular flexibility index (Phi) is 5.68. The minimum absolute atomic E-state index is 0.0593. The van der Waals surface area contributed by atoms with Crippen LogP contribution < -0.4 is 9.64 Å². The Bertz CT molecular complexity index is 1090. The molecule has 0 bridgehead atoms. The molecule has 3 heterocycles. The molecule has 1 amide bonds. The second-order valence-electron chi connectivity index (χ2n) is 7.07. The quantitative estimate of drug-likeness (QED) is 0.641. The van der Waals surface area contributed by atoms with Crippen LogP contribution in [0.25, 0.3) is 11.1 Å². The van der Waals surface area contributed by atoms with E-state index in [9.17, 15) is 10.1 Å². The van der Waals surface area contributed by atoms with Gasteiger partial charge in [0, 0.05) is 37.3 Å². The van der Waals surface area contributed by atoms with E-state index in [-0.39, 0.29) is 5.91 Å². The van der Waals surface area contributed by atoms with E-state index in [1.165, 1.54) is 11.3 Å². The van der Waals surface area contributed by atoms with Crippen LogP contribution in [0.3, 0.4) is 0 Å². The first kappa shape index (κ1) is 19.9. The van der Waals surface area contributed by atoms with Crippen LogP contribution in [0.15, 0.2) is 48.7 Å². The molecule has 1 aliphatic rings. The van der Waals surface area contributed by atoms with Crippen molar-refractivity contribution in [3.05, 3.63) is 64.0 Å². The Morgan fingerprint density at radius 1 is 1.17 bits per heavy atom. The standard InChI is InChI=1S/C23H22N4O2S/c1-16-20(17-5-7-19(29-2)8-6-17)14-21(30-16)23(28)27-12-10-26(11-13-27)22-18(15-24)4-3-9-25-22/h3-9,14H,10-13H2,1-2H3. The summed E-state index contributed by atoms with van der Waals surface area (Å²) in [4.78, 5) is 23.3. The summed E-state index contributed by atoms with van der Waals surface area (Å²) in [7, 11) is 1.65. The molecular weight excluding hydrogens is 396 g/mol. The lowest BCUT2D eigenvalue weighted by molar-refractivity contribution is 0.0751. The number of aryl methyl sites for hydroxylation is 1. The van der Waals surface area contributed by atoms with E-state index in [1.54, 1.807) is 25.4 Å². The summed E-state index contributed by atoms with van der Waals surface area (Å²) < 4.78 is 5.23. The van der Waals surface area contributed by atoms with Crippen molar-refractivity contribution >= 4 is 23.1 Å². The minimum atomic E-state index is 0.0593. The monoisotopic (exact) mass is 418 g/mol. The molecule has 6 nitrogen and oxygen atoms in total. The normalized spacial score (nSPS) is 13.8. The van der Waals surface area contributed by atoms with Gasteiger partial charge in [0.25, 0.3) is 5.91 Å². The summed E-state index contributed by atoms with van der Waals surface area (Å²) >= 11 is 1.53. The number of rotatable bonds is 4. The highest BCUT2D eigenvalue weighted by atomic mass is 32.1. The van der Waals surface area contributed by atoms with E-state index in [1.807, 2.05) is 42.2 Å². The number of nitriles is 1. The van der Waals surface area contributed by atoms with E-state index in [0.717, 1.165) is 26.6 Å². The van der Waals surface area contributed by atoms with Gasteiger partial charge < -0.3 is 14.5 Å². The minimum Gasteiger partial charge on any atom is -0.497 e. The Morgan fingerprint density at radius 2 is 1.90 bits per heavy atom. The molecule has 1 fully saturated rings. The van der Waals surface area contributed by atoms with Crippen LogP contribution >= 0.6 is 11.3 Å². The molecule has 0 N–H and O–H groups in total. The van der Waals surface area contributed by atoms with E-state index < -0.39 is 0 Å². The number of amides is 1. The first-order valence-electron chi connectivity index (χ1n) is 9.75. The van der Waals surface area contributed by atoms with Crippen LogP contribution in [0.5, 0.6) is 5.75 Å². The van der Waals surface area contributed by atoms with Gasteiger partial charge in [-0.15, -0.1) is 11.3 Å². The average Bonchev–Trinajstić information content (AvgIpc) is 3.20. The van der Waals surface area contributed by atoms with Crippen LogP contribution in [0, 0.1) is 18.3 Å². The zero-order valence-corrected chi connectivity index (χ0v) is 17.8. The summed E-state index contributed by atoms with van der Waals surface area (Å²) in [5.41, 5.74) is 2.72. The maximum atomic E-state index is 13.1. The predicted octanol–water partition coefficient (Wildman–Crippen LogP) is 3.96. The third kappa shape index (κ3) is 3.87. The van der Waals surface area contributed by atoms with Gasteiger partial charge in [-0.2, -0.15) is 5.26 Å². The molecule has 1 saturated heterocycles. The van der Waals surface area contributed by atoms with Crippen molar-refractivity contribution in [2.45, 2.75) is 6.92 Å². The molecule has 0 atom stereocenters. The molecule has 1 aromatic carbocycles. The number of methoxy groups -OCH3 is 1. The highest BCUT2D eigenvalue weighted by Gasteiger charge is 2.25. The predicted molar refractivity (Wildman–Crippen MR) is 118 cm³/mol. The lowest BCUT2D eigenvalue weighted by atomic mass is 10.1. The lowest BCUT2D eigenvalue weighted by Crippen LogP contribution is -2.49. The van der Waals surface area contributed by atoms with E-state index >= 15 is 0 Å². The summed E-state index contributed by atoms with van der Waals surface area (Å²) in [6.45, 7) is 4.58. The number of anilines is 1. The number of carbonyl (C=O) groups excluding carboxylic acids is 1. The number of pyridine rings is 1. The van der Waals surface area contributed by atoms with E-state index in [0.29, 0.717) is 37.6 Å². The Hall–Kier alpha value is -3.37. The summed E-state index contributed by atoms with van der Waals surface area (Å²) in [6.07, 6.45) is 1.70. The molecule has 0 radical (unpaired) electrons. The summed E-state index contributed by atoms with van der Waals surface area (Å²) in [5, 5.41) is 9.30. The van der Waals surface area contributed by atoms with E-state index in [2.05, 4.69) is 16.0 Å². The summed E-state index contributed by atoms with van der Waals surface area (Å²) in [6, 6.07) is 15.6. The molecule has 0 aliphatic carbocycles. The molecule has 3 aromatic rings.